The van der Waals surface area contributed by atoms with Crippen molar-refractivity contribution in [3.8, 4) is 0 Å². The van der Waals surface area contributed by atoms with E-state index in [9.17, 15) is 4.79 Å². The van der Waals surface area contributed by atoms with E-state index in [4.69, 9.17) is 10.8 Å². The van der Waals surface area contributed by atoms with Crippen molar-refractivity contribution in [2.75, 3.05) is 25.4 Å². The van der Waals surface area contributed by atoms with Crippen LogP contribution in [0, 0.1) is 0 Å². The summed E-state index contributed by atoms with van der Waals surface area (Å²) in [4.78, 5) is 10.5. The van der Waals surface area contributed by atoms with Crippen molar-refractivity contribution in [3.63, 3.8) is 0 Å². The molecule has 3 N–H and O–H groups in total. The summed E-state index contributed by atoms with van der Waals surface area (Å²) in [5.41, 5.74) is 5.62. The molecule has 0 radical (unpaired) electrons. The number of hydrogen-bond donors (Lipinski definition) is 2. The zero-order chi connectivity index (χ0) is 16.1. The third kappa shape index (κ3) is 5.68. The maximum Gasteiger partial charge on any atom is 0.222 e. The number of nitrogens with two attached hydrogens (primary N) is 1. The van der Waals surface area contributed by atoms with E-state index in [1.807, 2.05) is 27.7 Å². The average molecular weight is 315 g/mol. The van der Waals surface area contributed by atoms with Crippen LogP contribution in [-0.2, 0) is 10.2 Å². The quantitative estimate of drug-likeness (QED) is 0.632. The van der Waals surface area contributed by atoms with Crippen molar-refractivity contribution in [2.24, 2.45) is 0 Å². The Balaban J connectivity index is 0.000000211. The number of aromatic nitrogens is 1. The molecule has 0 aromatic carbocycles. The molecule has 0 spiro atoms. The minimum absolute atomic E-state index is 0.0268. The molecule has 7 heteroatoms. The summed E-state index contributed by atoms with van der Waals surface area (Å²) in [6.45, 7) is 9.93. The first kappa shape index (κ1) is 18.0. The number of aliphatic hydroxyl groups excluding tert-OH is 1. The molecule has 0 atom stereocenters. The van der Waals surface area contributed by atoms with Gasteiger partial charge in [-0.1, -0.05) is 31.0 Å². The van der Waals surface area contributed by atoms with E-state index in [0.29, 0.717) is 5.69 Å². The predicted molar refractivity (Wildman–Crippen MR) is 85.0 cm³/mol. The standard InChI is InChI=1S/C7H12N2O2.C7H13NOS/c1-7(2,4-10)5-3-6(8)11-9-5;1-7(2,6-9)10-8-4-3-5-8/h3,10H,4,8H2,1-2H3;6H,3-5H2,1-2H3. The second-order valence-corrected chi connectivity index (χ2v) is 8.00. The van der Waals surface area contributed by atoms with E-state index >= 15 is 0 Å². The Bertz CT molecular complexity index is 456. The summed E-state index contributed by atoms with van der Waals surface area (Å²) in [5.74, 6) is 0.279. The van der Waals surface area contributed by atoms with Crippen LogP contribution >= 0.6 is 11.9 Å². The highest BCUT2D eigenvalue weighted by Crippen LogP contribution is 2.29. The summed E-state index contributed by atoms with van der Waals surface area (Å²) < 4.78 is 6.68. The van der Waals surface area contributed by atoms with Crippen LogP contribution in [0.4, 0.5) is 5.88 Å². The molecule has 6 nitrogen and oxygen atoms in total. The number of aliphatic hydroxyl groups is 1. The van der Waals surface area contributed by atoms with Gasteiger partial charge in [0, 0.05) is 24.6 Å². The Morgan fingerprint density at radius 1 is 1.48 bits per heavy atom. The molecule has 2 rings (SSSR count). The van der Waals surface area contributed by atoms with E-state index in [2.05, 4.69) is 14.0 Å². The summed E-state index contributed by atoms with van der Waals surface area (Å²) in [7, 11) is 0. The van der Waals surface area contributed by atoms with E-state index in [1.165, 1.54) is 6.42 Å². The van der Waals surface area contributed by atoms with Crippen LogP contribution in [0.25, 0.3) is 0 Å². The van der Waals surface area contributed by atoms with Gasteiger partial charge >= 0.3 is 0 Å². The largest absolute Gasteiger partial charge is 0.395 e. The van der Waals surface area contributed by atoms with Gasteiger partial charge in [0.1, 0.15) is 6.29 Å². The van der Waals surface area contributed by atoms with Crippen LogP contribution in [0.15, 0.2) is 10.6 Å². The SMILES string of the molecule is CC(C)(C=O)SN1CCC1.CC(C)(CO)c1cc(N)on1. The normalized spacial score (nSPS) is 15.9. The molecule has 120 valence electrons. The number of carbonyl (C=O) groups excluding carboxylic acids is 1. The first-order chi connectivity index (χ1) is 9.70. The number of anilines is 1. The van der Waals surface area contributed by atoms with Gasteiger partial charge in [0.25, 0.3) is 0 Å². The topological polar surface area (TPSA) is 92.6 Å². The van der Waals surface area contributed by atoms with E-state index in [-0.39, 0.29) is 22.7 Å². The predicted octanol–water partition coefficient (Wildman–Crippen LogP) is 1.84. The molecule has 0 bridgehead atoms. The van der Waals surface area contributed by atoms with Gasteiger partial charge in [-0.25, -0.2) is 4.31 Å². The van der Waals surface area contributed by atoms with Gasteiger partial charge in [0.15, 0.2) is 0 Å². The van der Waals surface area contributed by atoms with Gasteiger partial charge in [0.2, 0.25) is 5.88 Å². The summed E-state index contributed by atoms with van der Waals surface area (Å²) >= 11 is 1.65. The van der Waals surface area contributed by atoms with Crippen molar-refractivity contribution in [1.29, 1.82) is 0 Å². The lowest BCUT2D eigenvalue weighted by atomic mass is 9.91. The average Bonchev–Trinajstić information content (AvgIpc) is 2.82. The molecule has 0 amide bonds. The second kappa shape index (κ2) is 7.29. The molecule has 1 saturated heterocycles. The lowest BCUT2D eigenvalue weighted by Gasteiger charge is -2.33. The molecular weight excluding hydrogens is 290 g/mol. The molecule has 0 aliphatic carbocycles. The Labute approximate surface area is 130 Å². The maximum atomic E-state index is 10.5. The lowest BCUT2D eigenvalue weighted by Crippen LogP contribution is -2.36. The fraction of sp³-hybridized carbons (Fsp3) is 0.714. The molecule has 1 aliphatic heterocycles. The summed E-state index contributed by atoms with van der Waals surface area (Å²) in [5, 5.41) is 12.6. The molecule has 1 aromatic rings. The fourth-order valence-electron chi connectivity index (χ4n) is 1.42. The number of carbonyl (C=O) groups is 1. The van der Waals surface area contributed by atoms with Crippen molar-refractivity contribution < 1.29 is 14.4 Å². The van der Waals surface area contributed by atoms with Gasteiger partial charge in [-0.15, -0.1) is 0 Å². The number of hydrogen-bond acceptors (Lipinski definition) is 7. The Kier molecular flexibility index (Phi) is 6.24. The molecular formula is C14H25N3O3S. The fourth-order valence-corrected chi connectivity index (χ4v) is 2.57. The second-order valence-electron chi connectivity index (χ2n) is 6.25. The first-order valence-electron chi connectivity index (χ1n) is 6.94. The molecule has 1 aliphatic rings. The summed E-state index contributed by atoms with van der Waals surface area (Å²) in [6.07, 6.45) is 2.29. The minimum atomic E-state index is -0.374. The molecule has 0 unspecified atom stereocenters. The van der Waals surface area contributed by atoms with Crippen LogP contribution in [0.5, 0.6) is 0 Å². The van der Waals surface area contributed by atoms with Gasteiger partial charge in [-0.2, -0.15) is 0 Å². The van der Waals surface area contributed by atoms with E-state index in [0.717, 1.165) is 19.4 Å². The number of nitrogens with zero attached hydrogens (tertiary/aromatic N) is 2. The Morgan fingerprint density at radius 2 is 2.10 bits per heavy atom. The number of nitrogen functional groups attached to an aromatic ring is 1. The smallest absolute Gasteiger partial charge is 0.222 e. The molecule has 1 fully saturated rings. The highest BCUT2D eigenvalue weighted by molar-refractivity contribution is 7.99. The molecule has 2 heterocycles. The highest BCUT2D eigenvalue weighted by atomic mass is 32.2. The van der Waals surface area contributed by atoms with Gasteiger partial charge in [0.05, 0.1) is 17.0 Å². The van der Waals surface area contributed by atoms with Gasteiger partial charge in [-0.3, -0.25) is 0 Å². The molecule has 21 heavy (non-hydrogen) atoms. The molecule has 0 saturated carbocycles. The third-order valence-electron chi connectivity index (χ3n) is 3.08. The number of rotatable bonds is 5. The van der Waals surface area contributed by atoms with Crippen LogP contribution < -0.4 is 5.73 Å². The van der Waals surface area contributed by atoms with Crippen LogP contribution in [-0.4, -0.2) is 45.3 Å². The van der Waals surface area contributed by atoms with Crippen LogP contribution in [0.2, 0.25) is 0 Å². The highest BCUT2D eigenvalue weighted by Gasteiger charge is 2.25. The van der Waals surface area contributed by atoms with Crippen molar-refractivity contribution in [1.82, 2.24) is 9.46 Å². The Morgan fingerprint density at radius 3 is 2.43 bits per heavy atom. The summed E-state index contributed by atoms with van der Waals surface area (Å²) in [6, 6.07) is 1.62. The van der Waals surface area contributed by atoms with Crippen molar-refractivity contribution in [3.05, 3.63) is 11.8 Å². The first-order valence-corrected chi connectivity index (χ1v) is 7.71. The van der Waals surface area contributed by atoms with Crippen molar-refractivity contribution in [2.45, 2.75) is 44.3 Å². The Hall–Kier alpha value is -1.05. The zero-order valence-electron chi connectivity index (χ0n) is 13.1. The lowest BCUT2D eigenvalue weighted by molar-refractivity contribution is -0.109. The monoisotopic (exact) mass is 315 g/mol. The minimum Gasteiger partial charge on any atom is -0.395 e. The maximum absolute atomic E-state index is 10.5. The van der Waals surface area contributed by atoms with E-state index < -0.39 is 0 Å². The number of aldehydes is 1. The van der Waals surface area contributed by atoms with Gasteiger partial charge in [-0.05, 0) is 20.3 Å². The van der Waals surface area contributed by atoms with Crippen LogP contribution in [0.3, 0.4) is 0 Å². The molecule has 1 aromatic heterocycles. The van der Waals surface area contributed by atoms with Crippen LogP contribution in [0.1, 0.15) is 39.8 Å². The zero-order valence-corrected chi connectivity index (χ0v) is 13.9. The van der Waals surface area contributed by atoms with Crippen molar-refractivity contribution >= 4 is 24.1 Å². The van der Waals surface area contributed by atoms with Gasteiger partial charge < -0.3 is 20.2 Å². The third-order valence-corrected chi connectivity index (χ3v) is 4.27. The van der Waals surface area contributed by atoms with E-state index in [1.54, 1.807) is 18.0 Å².